The molecule has 3 aliphatic rings. The molecule has 1 unspecified atom stereocenters. The molecule has 0 saturated carbocycles. The van der Waals surface area contributed by atoms with Crippen LogP contribution in [0.3, 0.4) is 0 Å². The summed E-state index contributed by atoms with van der Waals surface area (Å²) in [6.07, 6.45) is -0.0640. The first-order chi connectivity index (χ1) is 11.2. The second-order valence-electron chi connectivity index (χ2n) is 5.31. The summed E-state index contributed by atoms with van der Waals surface area (Å²) in [5.41, 5.74) is 0.499. The van der Waals surface area contributed by atoms with Crippen molar-refractivity contribution >= 4 is 21.3 Å². The molecule has 24 heavy (non-hydrogen) atoms. The van der Waals surface area contributed by atoms with Crippen LogP contribution in [0.25, 0.3) is 0 Å². The minimum Gasteiger partial charge on any atom is -0.412 e. The number of carbonyl (C=O) groups excluding carboxylic acids is 1. The molecule has 1 aromatic rings. The molecule has 0 aromatic heterocycles. The molecule has 2 bridgehead atoms. The Kier molecular flexibility index (Phi) is 7.47. The molecule has 0 amide bonds. The summed E-state index contributed by atoms with van der Waals surface area (Å²) in [6, 6.07) is 6.87. The van der Waals surface area contributed by atoms with Crippen LogP contribution in [0.15, 0.2) is 24.3 Å². The number of methoxy groups -OCH3 is 1. The number of fused-ring (bicyclic) bond motifs is 6. The number of benzene rings is 1. The third-order valence-electron chi connectivity index (χ3n) is 3.69. The number of hydrogen-bond acceptors (Lipinski definition) is 7. The first kappa shape index (κ1) is 19.2. The summed E-state index contributed by atoms with van der Waals surface area (Å²) in [4.78, 5) is 13.7. The van der Waals surface area contributed by atoms with E-state index in [1.807, 2.05) is 0 Å². The molecule has 3 fully saturated rings. The van der Waals surface area contributed by atoms with Crippen molar-refractivity contribution in [2.75, 3.05) is 46.6 Å². The topological polar surface area (TPSA) is 98.0 Å². The molecular formula is C15H22GeNO7. The predicted octanol–water partition coefficient (Wildman–Crippen LogP) is -0.240. The van der Waals surface area contributed by atoms with E-state index >= 15 is 0 Å². The van der Waals surface area contributed by atoms with E-state index in [9.17, 15) is 4.79 Å². The van der Waals surface area contributed by atoms with Crippen LogP contribution in [0.4, 0.5) is 0 Å². The van der Waals surface area contributed by atoms with Gasteiger partial charge in [-0.05, 0) is 0 Å². The van der Waals surface area contributed by atoms with Crippen molar-refractivity contribution in [3.63, 3.8) is 0 Å². The predicted molar refractivity (Wildman–Crippen MR) is 85.9 cm³/mol. The Bertz CT molecular complexity index is 503. The van der Waals surface area contributed by atoms with Crippen molar-refractivity contribution < 1.29 is 31.0 Å². The van der Waals surface area contributed by atoms with Gasteiger partial charge in [-0.1, -0.05) is 0 Å². The summed E-state index contributed by atoms with van der Waals surface area (Å²) >= 11 is -2.32. The molecule has 3 aliphatic heterocycles. The van der Waals surface area contributed by atoms with Gasteiger partial charge in [-0.2, -0.15) is 0 Å². The van der Waals surface area contributed by atoms with E-state index in [4.69, 9.17) is 16.0 Å². The zero-order chi connectivity index (χ0) is 16.1. The van der Waals surface area contributed by atoms with Crippen molar-refractivity contribution in [1.82, 2.24) is 4.90 Å². The van der Waals surface area contributed by atoms with Crippen molar-refractivity contribution in [2.45, 2.75) is 6.10 Å². The van der Waals surface area contributed by atoms with Gasteiger partial charge < -0.3 is 5.48 Å². The average Bonchev–Trinajstić information content (AvgIpc) is 2.52. The molecule has 3 saturated heterocycles. The second-order valence-corrected chi connectivity index (χ2v) is 8.07. The van der Waals surface area contributed by atoms with Crippen LogP contribution >= 0.6 is 0 Å². The molecule has 9 heteroatoms. The van der Waals surface area contributed by atoms with Gasteiger partial charge in [0.15, 0.2) is 0 Å². The maximum absolute atomic E-state index is 11.4. The fourth-order valence-corrected chi connectivity index (χ4v) is 4.88. The van der Waals surface area contributed by atoms with Crippen LogP contribution in [-0.2, 0) is 16.0 Å². The molecule has 8 nitrogen and oxygen atoms in total. The minimum atomic E-state index is -2.32. The van der Waals surface area contributed by atoms with Crippen molar-refractivity contribution in [2.24, 2.45) is 0 Å². The van der Waals surface area contributed by atoms with Gasteiger partial charge in [-0.3, -0.25) is 0 Å². The SMILES string of the molecule is COC(=O)c1ccc(OCC2CN3CC[O][Ge]([O]CC3)[O]2)cc1.O. The Morgan fingerprint density at radius 3 is 2.54 bits per heavy atom. The first-order valence-corrected chi connectivity index (χ1v) is 10.1. The van der Waals surface area contributed by atoms with Gasteiger partial charge in [0.2, 0.25) is 0 Å². The molecule has 2 N–H and O–H groups in total. The van der Waals surface area contributed by atoms with Crippen LogP contribution in [0.5, 0.6) is 5.75 Å². The van der Waals surface area contributed by atoms with Crippen LogP contribution in [-0.4, -0.2) is 84.4 Å². The van der Waals surface area contributed by atoms with E-state index in [-0.39, 0.29) is 17.5 Å². The zero-order valence-electron chi connectivity index (χ0n) is 13.5. The van der Waals surface area contributed by atoms with Gasteiger partial charge in [-0.15, -0.1) is 0 Å². The molecule has 133 valence electrons. The van der Waals surface area contributed by atoms with Gasteiger partial charge in [0, 0.05) is 0 Å². The van der Waals surface area contributed by atoms with Gasteiger partial charge in [0.25, 0.3) is 0 Å². The van der Waals surface area contributed by atoms with Gasteiger partial charge in [-0.25, -0.2) is 0 Å². The molecule has 1 aromatic carbocycles. The number of hydrogen-bond donors (Lipinski definition) is 0. The molecular weight excluding hydrogens is 379 g/mol. The van der Waals surface area contributed by atoms with Crippen LogP contribution in [0.2, 0.25) is 0 Å². The van der Waals surface area contributed by atoms with E-state index in [2.05, 4.69) is 9.64 Å². The van der Waals surface area contributed by atoms with Crippen LogP contribution in [0.1, 0.15) is 10.4 Å². The van der Waals surface area contributed by atoms with Crippen molar-refractivity contribution in [3.8, 4) is 5.75 Å². The molecule has 0 aliphatic carbocycles. The quantitative estimate of drug-likeness (QED) is 0.508. The third-order valence-corrected chi connectivity index (χ3v) is 6.64. The fraction of sp³-hybridized carbons (Fsp3) is 0.533. The second kappa shape index (κ2) is 9.35. The Balaban J connectivity index is 0.00000208. The van der Waals surface area contributed by atoms with Crippen molar-refractivity contribution in [1.29, 1.82) is 0 Å². The van der Waals surface area contributed by atoms with Gasteiger partial charge in [0.1, 0.15) is 0 Å². The van der Waals surface area contributed by atoms with Gasteiger partial charge in [0.05, 0.1) is 0 Å². The average molecular weight is 401 g/mol. The van der Waals surface area contributed by atoms with E-state index in [1.54, 1.807) is 24.3 Å². The van der Waals surface area contributed by atoms with E-state index in [0.717, 1.165) is 19.6 Å². The Hall–Kier alpha value is -1.17. The Morgan fingerprint density at radius 2 is 1.92 bits per heavy atom. The summed E-state index contributed by atoms with van der Waals surface area (Å²) in [5, 5.41) is 0. The number of nitrogens with zero attached hydrogens (tertiary/aromatic N) is 1. The molecule has 0 spiro atoms. The first-order valence-electron chi connectivity index (χ1n) is 7.57. The molecule has 1 atom stereocenters. The zero-order valence-corrected chi connectivity index (χ0v) is 15.6. The third kappa shape index (κ3) is 5.16. The van der Waals surface area contributed by atoms with Gasteiger partial charge >= 0.3 is 140 Å². The normalized spacial score (nSPS) is 24.2. The number of ether oxygens (including phenoxy) is 2. The number of carbonyl (C=O) groups is 1. The number of esters is 1. The van der Waals surface area contributed by atoms with Crippen LogP contribution < -0.4 is 4.74 Å². The summed E-state index contributed by atoms with van der Waals surface area (Å²) in [6.45, 7) is 4.43. The van der Waals surface area contributed by atoms with E-state index < -0.39 is 15.4 Å². The van der Waals surface area contributed by atoms with E-state index in [1.165, 1.54) is 7.11 Å². The maximum atomic E-state index is 11.4. The fourth-order valence-electron chi connectivity index (χ4n) is 2.46. The Morgan fingerprint density at radius 1 is 1.25 bits per heavy atom. The monoisotopic (exact) mass is 402 g/mol. The maximum Gasteiger partial charge on any atom is -0.412 e. The van der Waals surface area contributed by atoms with Crippen molar-refractivity contribution in [3.05, 3.63) is 29.8 Å². The summed E-state index contributed by atoms with van der Waals surface area (Å²) in [7, 11) is 1.36. The molecule has 4 rings (SSSR count). The Labute approximate surface area is 146 Å². The largest absolute Gasteiger partial charge is 0.412 e. The number of rotatable bonds is 4. The van der Waals surface area contributed by atoms with E-state index in [0.29, 0.717) is 31.1 Å². The molecule has 3 heterocycles. The molecule has 1 radical (unpaired) electrons. The summed E-state index contributed by atoms with van der Waals surface area (Å²) in [5.74, 6) is 0.331. The smallest absolute Gasteiger partial charge is 0.412 e. The summed E-state index contributed by atoms with van der Waals surface area (Å²) < 4.78 is 27.7. The van der Waals surface area contributed by atoms with Crippen LogP contribution in [0, 0.1) is 0 Å². The standard InChI is InChI=1S/C15H20GeNO6.H2O/c1-19-15(18)12-2-4-13(5-3-12)20-11-14-10-17-6-8-21-16(23-14)22-9-7-17;/h2-5,14H,6-11H2,1H3;1H2. The minimum absolute atomic E-state index is 0.